The number of hydrogen-bond donors (Lipinski definition) is 0. The molecule has 0 aliphatic carbocycles. The van der Waals surface area contributed by atoms with Gasteiger partial charge in [0, 0.05) is 6.20 Å². The van der Waals surface area contributed by atoms with E-state index in [0.29, 0.717) is 5.56 Å². The highest BCUT2D eigenvalue weighted by Crippen LogP contribution is 2.16. The molecule has 5 nitrogen and oxygen atoms in total. The maximum absolute atomic E-state index is 11.9. The number of ketones is 1. The van der Waals surface area contributed by atoms with E-state index in [9.17, 15) is 13.2 Å². The third kappa shape index (κ3) is 3.39. The third-order valence-corrected chi connectivity index (χ3v) is 5.15. The summed E-state index contributed by atoms with van der Waals surface area (Å²) in [5.41, 5.74) is 0.498. The molecule has 0 amide bonds. The van der Waals surface area contributed by atoms with Crippen molar-refractivity contribution < 1.29 is 13.2 Å². The van der Waals surface area contributed by atoms with Crippen LogP contribution in [0, 0.1) is 0 Å². The molecule has 0 aliphatic heterocycles. The van der Waals surface area contributed by atoms with Crippen LogP contribution in [-0.2, 0) is 16.4 Å². The molecule has 1 heterocycles. The Kier molecular flexibility index (Phi) is 3.76. The number of carbonyl (C=O) groups excluding carboxylic acids is 1. The lowest BCUT2D eigenvalue weighted by Gasteiger charge is -2.18. The summed E-state index contributed by atoms with van der Waals surface area (Å²) in [6.07, 6.45) is 3.02. The predicted molar refractivity (Wildman–Crippen MR) is 65.8 cm³/mol. The number of carbonyl (C=O) groups is 1. The zero-order valence-electron chi connectivity index (χ0n) is 10.6. The first kappa shape index (κ1) is 13.9. The predicted octanol–water partition coefficient (Wildman–Crippen LogP) is 1.30. The van der Waals surface area contributed by atoms with Crippen LogP contribution in [0.15, 0.2) is 12.4 Å². The Balaban J connectivity index is 2.71. The fourth-order valence-corrected chi connectivity index (χ4v) is 2.23. The van der Waals surface area contributed by atoms with Crippen molar-refractivity contribution in [2.45, 2.75) is 39.0 Å². The lowest BCUT2D eigenvalue weighted by Crippen LogP contribution is -2.32. The number of Topliss-reactive ketones (excluding diaryl/α,β-unsaturated/α-hetero) is 1. The lowest BCUT2D eigenvalue weighted by atomic mass is 10.3. The fourth-order valence-electron chi connectivity index (χ4n) is 1.19. The van der Waals surface area contributed by atoms with Gasteiger partial charge in [0.05, 0.1) is 28.8 Å². The van der Waals surface area contributed by atoms with Crippen LogP contribution < -0.4 is 0 Å². The zero-order valence-corrected chi connectivity index (χ0v) is 11.4. The van der Waals surface area contributed by atoms with Gasteiger partial charge in [-0.1, -0.05) is 0 Å². The lowest BCUT2D eigenvalue weighted by molar-refractivity contribution is 0.101. The third-order valence-electron chi connectivity index (χ3n) is 2.56. The van der Waals surface area contributed by atoms with E-state index in [4.69, 9.17) is 0 Å². The SMILES string of the molecule is CC(=O)c1cnn(CCS(=O)(=O)C(C)(C)C)c1. The first-order valence-electron chi connectivity index (χ1n) is 5.39. The highest BCUT2D eigenvalue weighted by Gasteiger charge is 2.28. The number of hydrogen-bond acceptors (Lipinski definition) is 4. The minimum Gasteiger partial charge on any atom is -0.294 e. The summed E-state index contributed by atoms with van der Waals surface area (Å²) in [6, 6.07) is 0. The molecule has 0 fully saturated rings. The van der Waals surface area contributed by atoms with Gasteiger partial charge in [0.15, 0.2) is 15.6 Å². The van der Waals surface area contributed by atoms with E-state index < -0.39 is 14.6 Å². The van der Waals surface area contributed by atoms with Gasteiger partial charge >= 0.3 is 0 Å². The van der Waals surface area contributed by atoms with E-state index in [-0.39, 0.29) is 18.1 Å². The molecule has 0 unspecified atom stereocenters. The molecule has 6 heteroatoms. The summed E-state index contributed by atoms with van der Waals surface area (Å²) in [4.78, 5) is 11.0. The van der Waals surface area contributed by atoms with Gasteiger partial charge in [-0.25, -0.2) is 8.42 Å². The number of aromatic nitrogens is 2. The monoisotopic (exact) mass is 258 g/mol. The van der Waals surface area contributed by atoms with Crippen molar-refractivity contribution in [3.63, 3.8) is 0 Å². The van der Waals surface area contributed by atoms with Gasteiger partial charge < -0.3 is 0 Å². The summed E-state index contributed by atoms with van der Waals surface area (Å²) < 4.78 is 24.4. The van der Waals surface area contributed by atoms with Crippen molar-refractivity contribution in [3.8, 4) is 0 Å². The van der Waals surface area contributed by atoms with Crippen molar-refractivity contribution >= 4 is 15.6 Å². The Labute approximate surface area is 102 Å². The fraction of sp³-hybridized carbons (Fsp3) is 0.636. The van der Waals surface area contributed by atoms with Crippen molar-refractivity contribution in [1.82, 2.24) is 9.78 Å². The Morgan fingerprint density at radius 2 is 2.00 bits per heavy atom. The second kappa shape index (κ2) is 4.60. The first-order chi connectivity index (χ1) is 7.63. The van der Waals surface area contributed by atoms with Crippen molar-refractivity contribution in [2.75, 3.05) is 5.75 Å². The topological polar surface area (TPSA) is 69.0 Å². The van der Waals surface area contributed by atoms with E-state index in [2.05, 4.69) is 5.10 Å². The average Bonchev–Trinajstić information content (AvgIpc) is 2.61. The summed E-state index contributed by atoms with van der Waals surface area (Å²) in [5, 5.41) is 3.95. The van der Waals surface area contributed by atoms with Gasteiger partial charge in [-0.15, -0.1) is 0 Å². The van der Waals surface area contributed by atoms with Gasteiger partial charge in [0.2, 0.25) is 0 Å². The summed E-state index contributed by atoms with van der Waals surface area (Å²) in [7, 11) is -3.15. The molecular formula is C11H18N2O3S. The normalized spacial score (nSPS) is 12.7. The van der Waals surface area contributed by atoms with Crippen molar-refractivity contribution in [3.05, 3.63) is 18.0 Å². The Morgan fingerprint density at radius 3 is 2.41 bits per heavy atom. The van der Waals surface area contributed by atoms with Gasteiger partial charge in [-0.3, -0.25) is 9.48 Å². The average molecular weight is 258 g/mol. The minimum atomic E-state index is -3.15. The zero-order chi connectivity index (χ0) is 13.3. The van der Waals surface area contributed by atoms with Crippen molar-refractivity contribution in [2.24, 2.45) is 0 Å². The van der Waals surface area contributed by atoms with Crippen LogP contribution in [0.2, 0.25) is 0 Å². The quantitative estimate of drug-likeness (QED) is 0.763. The molecule has 0 bridgehead atoms. The molecule has 0 atom stereocenters. The molecule has 0 aromatic carbocycles. The van der Waals surface area contributed by atoms with Crippen LogP contribution >= 0.6 is 0 Å². The van der Waals surface area contributed by atoms with Crippen LogP contribution in [0.4, 0.5) is 0 Å². The van der Waals surface area contributed by atoms with E-state index in [0.717, 1.165) is 0 Å². The van der Waals surface area contributed by atoms with E-state index in [1.165, 1.54) is 17.8 Å². The maximum atomic E-state index is 11.9. The minimum absolute atomic E-state index is 0.0233. The van der Waals surface area contributed by atoms with E-state index >= 15 is 0 Å². The van der Waals surface area contributed by atoms with Gasteiger partial charge in [0.25, 0.3) is 0 Å². The molecule has 1 aromatic rings. The first-order valence-corrected chi connectivity index (χ1v) is 7.04. The summed E-state index contributed by atoms with van der Waals surface area (Å²) >= 11 is 0. The molecule has 0 spiro atoms. The van der Waals surface area contributed by atoms with Crippen LogP contribution in [0.5, 0.6) is 0 Å². The molecule has 0 aliphatic rings. The molecule has 0 saturated heterocycles. The molecule has 17 heavy (non-hydrogen) atoms. The van der Waals surface area contributed by atoms with Crippen LogP contribution in [0.1, 0.15) is 38.1 Å². The van der Waals surface area contributed by atoms with Gasteiger partial charge in [0.1, 0.15) is 0 Å². The molecule has 0 saturated carbocycles. The van der Waals surface area contributed by atoms with Crippen LogP contribution in [0.3, 0.4) is 0 Å². The molecular weight excluding hydrogens is 240 g/mol. The standard InChI is InChI=1S/C11H18N2O3S/c1-9(14)10-7-12-13(8-10)5-6-17(15,16)11(2,3)4/h7-8H,5-6H2,1-4H3. The van der Waals surface area contributed by atoms with Gasteiger partial charge in [-0.05, 0) is 27.7 Å². The van der Waals surface area contributed by atoms with Gasteiger partial charge in [-0.2, -0.15) is 5.10 Å². The van der Waals surface area contributed by atoms with Crippen LogP contribution in [0.25, 0.3) is 0 Å². The van der Waals surface area contributed by atoms with Crippen molar-refractivity contribution in [1.29, 1.82) is 0 Å². The smallest absolute Gasteiger partial charge is 0.162 e. The highest BCUT2D eigenvalue weighted by atomic mass is 32.2. The summed E-state index contributed by atoms with van der Waals surface area (Å²) in [5.74, 6) is -0.0508. The number of aryl methyl sites for hydroxylation is 1. The highest BCUT2D eigenvalue weighted by molar-refractivity contribution is 7.92. The second-order valence-electron chi connectivity index (χ2n) is 4.98. The molecule has 1 rings (SSSR count). The molecule has 96 valence electrons. The molecule has 0 radical (unpaired) electrons. The molecule has 1 aromatic heterocycles. The van der Waals surface area contributed by atoms with E-state index in [1.807, 2.05) is 0 Å². The second-order valence-corrected chi connectivity index (χ2v) is 7.84. The number of nitrogens with zero attached hydrogens (tertiary/aromatic N) is 2. The number of rotatable bonds is 4. The largest absolute Gasteiger partial charge is 0.294 e. The maximum Gasteiger partial charge on any atom is 0.162 e. The Morgan fingerprint density at radius 1 is 1.41 bits per heavy atom. The van der Waals surface area contributed by atoms with Crippen LogP contribution in [-0.4, -0.2) is 34.5 Å². The Bertz CT molecular complexity index is 509. The van der Waals surface area contributed by atoms with E-state index in [1.54, 1.807) is 27.0 Å². The summed E-state index contributed by atoms with van der Waals surface area (Å²) in [6.45, 7) is 6.74. The number of sulfone groups is 1. The molecule has 0 N–H and O–H groups in total. The Hall–Kier alpha value is -1.17.